The zero-order chi connectivity index (χ0) is 19.9. The minimum atomic E-state index is -0.449. The monoisotopic (exact) mass is 461 g/mol. The fraction of sp³-hybridized carbons (Fsp3) is 0.250. The molecule has 0 aliphatic carbocycles. The second-order valence-corrected chi connectivity index (χ2v) is 7.82. The molecule has 0 spiro atoms. The maximum Gasteiger partial charge on any atom is 0.360 e. The SMILES string of the molecule is CCOC(=O)c1nnn(Cc2ccc(OC)cc2)c1CSc1ccc(Br)cc1. The van der Waals surface area contributed by atoms with Crippen molar-refractivity contribution in [2.24, 2.45) is 0 Å². The highest BCUT2D eigenvalue weighted by atomic mass is 79.9. The smallest absolute Gasteiger partial charge is 0.360 e. The van der Waals surface area contributed by atoms with Gasteiger partial charge in [0.05, 0.1) is 26.0 Å². The summed E-state index contributed by atoms with van der Waals surface area (Å²) in [5, 5.41) is 8.28. The van der Waals surface area contributed by atoms with E-state index in [0.717, 1.165) is 26.4 Å². The van der Waals surface area contributed by atoms with Crippen molar-refractivity contribution in [3.8, 4) is 5.75 Å². The zero-order valence-electron chi connectivity index (χ0n) is 15.6. The Bertz CT molecular complexity index is 927. The highest BCUT2D eigenvalue weighted by Gasteiger charge is 2.21. The molecule has 8 heteroatoms. The van der Waals surface area contributed by atoms with Crippen molar-refractivity contribution >= 4 is 33.7 Å². The summed E-state index contributed by atoms with van der Waals surface area (Å²) in [5.41, 5.74) is 2.04. The molecule has 0 saturated heterocycles. The Morgan fingerprint density at radius 3 is 2.50 bits per heavy atom. The van der Waals surface area contributed by atoms with E-state index in [9.17, 15) is 4.79 Å². The number of ether oxygens (including phenoxy) is 2. The molecule has 0 atom stereocenters. The molecular formula is C20H20BrN3O3S. The van der Waals surface area contributed by atoms with Crippen LogP contribution in [0.25, 0.3) is 0 Å². The minimum absolute atomic E-state index is 0.264. The summed E-state index contributed by atoms with van der Waals surface area (Å²) < 4.78 is 13.1. The van der Waals surface area contributed by atoms with Crippen LogP contribution in [0.2, 0.25) is 0 Å². The number of benzene rings is 2. The lowest BCUT2D eigenvalue weighted by atomic mass is 10.2. The molecule has 0 aliphatic rings. The molecule has 146 valence electrons. The normalized spacial score (nSPS) is 10.7. The van der Waals surface area contributed by atoms with Gasteiger partial charge in [-0.15, -0.1) is 16.9 Å². The number of methoxy groups -OCH3 is 1. The molecule has 1 aromatic heterocycles. The van der Waals surface area contributed by atoms with Crippen molar-refractivity contribution < 1.29 is 14.3 Å². The fourth-order valence-electron chi connectivity index (χ4n) is 2.55. The van der Waals surface area contributed by atoms with Crippen LogP contribution in [0.1, 0.15) is 28.7 Å². The van der Waals surface area contributed by atoms with E-state index in [-0.39, 0.29) is 5.69 Å². The van der Waals surface area contributed by atoms with Crippen LogP contribution in [-0.4, -0.2) is 34.7 Å². The Hall–Kier alpha value is -2.32. The topological polar surface area (TPSA) is 66.2 Å². The molecule has 0 bridgehead atoms. The van der Waals surface area contributed by atoms with Crippen molar-refractivity contribution in [1.82, 2.24) is 15.0 Å². The number of thioether (sulfide) groups is 1. The van der Waals surface area contributed by atoms with Gasteiger partial charge in [-0.3, -0.25) is 0 Å². The molecule has 0 unspecified atom stereocenters. The van der Waals surface area contributed by atoms with Crippen LogP contribution in [0.4, 0.5) is 0 Å². The molecule has 28 heavy (non-hydrogen) atoms. The van der Waals surface area contributed by atoms with Crippen LogP contribution in [-0.2, 0) is 17.0 Å². The zero-order valence-corrected chi connectivity index (χ0v) is 18.0. The lowest BCUT2D eigenvalue weighted by molar-refractivity contribution is 0.0518. The van der Waals surface area contributed by atoms with Gasteiger partial charge in [0.15, 0.2) is 5.69 Å². The number of nitrogens with zero attached hydrogens (tertiary/aromatic N) is 3. The van der Waals surface area contributed by atoms with E-state index < -0.39 is 5.97 Å². The summed E-state index contributed by atoms with van der Waals surface area (Å²) in [6, 6.07) is 15.8. The first-order valence-corrected chi connectivity index (χ1v) is 10.5. The van der Waals surface area contributed by atoms with Gasteiger partial charge < -0.3 is 9.47 Å². The van der Waals surface area contributed by atoms with Gasteiger partial charge in [0.25, 0.3) is 0 Å². The molecule has 3 aromatic rings. The molecule has 0 aliphatic heterocycles. The van der Waals surface area contributed by atoms with Crippen LogP contribution in [0.3, 0.4) is 0 Å². The molecule has 2 aromatic carbocycles. The van der Waals surface area contributed by atoms with Crippen molar-refractivity contribution in [2.45, 2.75) is 24.1 Å². The van der Waals surface area contributed by atoms with Gasteiger partial charge in [-0.2, -0.15) is 0 Å². The van der Waals surface area contributed by atoms with E-state index >= 15 is 0 Å². The van der Waals surface area contributed by atoms with Gasteiger partial charge >= 0.3 is 5.97 Å². The predicted molar refractivity (Wildman–Crippen MR) is 112 cm³/mol. The summed E-state index contributed by atoms with van der Waals surface area (Å²) >= 11 is 5.06. The average Bonchev–Trinajstić information content (AvgIpc) is 3.11. The van der Waals surface area contributed by atoms with Crippen LogP contribution in [0, 0.1) is 0 Å². The molecular weight excluding hydrogens is 442 g/mol. The van der Waals surface area contributed by atoms with Crippen molar-refractivity contribution in [2.75, 3.05) is 13.7 Å². The second-order valence-electron chi connectivity index (χ2n) is 5.85. The van der Waals surface area contributed by atoms with Gasteiger partial charge in [0.1, 0.15) is 5.75 Å². The van der Waals surface area contributed by atoms with Crippen LogP contribution < -0.4 is 4.74 Å². The highest BCUT2D eigenvalue weighted by molar-refractivity contribution is 9.10. The number of hydrogen-bond acceptors (Lipinski definition) is 6. The number of carbonyl (C=O) groups excluding carboxylic acids is 1. The number of aromatic nitrogens is 3. The van der Waals surface area contributed by atoms with Crippen LogP contribution in [0.5, 0.6) is 5.75 Å². The summed E-state index contributed by atoms with van der Waals surface area (Å²) in [5.74, 6) is 0.898. The summed E-state index contributed by atoms with van der Waals surface area (Å²) in [6.45, 7) is 2.58. The summed E-state index contributed by atoms with van der Waals surface area (Å²) in [4.78, 5) is 13.4. The first-order valence-electron chi connectivity index (χ1n) is 8.71. The van der Waals surface area contributed by atoms with Crippen molar-refractivity contribution in [3.63, 3.8) is 0 Å². The summed E-state index contributed by atoms with van der Waals surface area (Å²) in [6.07, 6.45) is 0. The molecule has 1 heterocycles. The lowest BCUT2D eigenvalue weighted by Crippen LogP contribution is -2.11. The Morgan fingerprint density at radius 2 is 1.86 bits per heavy atom. The molecule has 0 amide bonds. The largest absolute Gasteiger partial charge is 0.497 e. The highest BCUT2D eigenvalue weighted by Crippen LogP contribution is 2.26. The minimum Gasteiger partial charge on any atom is -0.497 e. The molecule has 6 nitrogen and oxygen atoms in total. The summed E-state index contributed by atoms with van der Waals surface area (Å²) in [7, 11) is 1.63. The molecule has 3 rings (SSSR count). The number of esters is 1. The van der Waals surface area contributed by atoms with Gasteiger partial charge in [-0.1, -0.05) is 33.3 Å². The Morgan fingerprint density at radius 1 is 1.14 bits per heavy atom. The Balaban J connectivity index is 1.83. The Kier molecular flexibility index (Phi) is 7.11. The van der Waals surface area contributed by atoms with Gasteiger partial charge in [-0.05, 0) is 48.9 Å². The van der Waals surface area contributed by atoms with Crippen molar-refractivity contribution in [1.29, 1.82) is 0 Å². The van der Waals surface area contributed by atoms with Crippen LogP contribution in [0.15, 0.2) is 57.9 Å². The third kappa shape index (κ3) is 5.14. The molecule has 0 N–H and O–H groups in total. The quantitative estimate of drug-likeness (QED) is 0.361. The first-order chi connectivity index (χ1) is 13.6. The third-order valence-electron chi connectivity index (χ3n) is 3.99. The van der Waals surface area contributed by atoms with E-state index in [0.29, 0.717) is 18.9 Å². The van der Waals surface area contributed by atoms with Gasteiger partial charge in [0, 0.05) is 15.1 Å². The fourth-order valence-corrected chi connectivity index (χ4v) is 3.73. The predicted octanol–water partition coefficient (Wildman–Crippen LogP) is 4.57. The van der Waals surface area contributed by atoms with E-state index in [1.807, 2.05) is 48.5 Å². The standard InChI is InChI=1S/C20H20BrN3O3S/c1-3-27-20(25)19-18(13-28-17-10-6-15(21)7-11-17)24(23-22-19)12-14-4-8-16(26-2)9-5-14/h4-11H,3,12-13H2,1-2H3. The number of carbonyl (C=O) groups is 1. The van der Waals surface area contributed by atoms with Gasteiger partial charge in [-0.25, -0.2) is 9.48 Å². The Labute approximate surface area is 176 Å². The van der Waals surface area contributed by atoms with Crippen LogP contribution >= 0.6 is 27.7 Å². The van der Waals surface area contributed by atoms with E-state index in [1.54, 1.807) is 30.5 Å². The number of hydrogen-bond donors (Lipinski definition) is 0. The maximum absolute atomic E-state index is 12.3. The number of rotatable bonds is 8. The van der Waals surface area contributed by atoms with E-state index in [1.165, 1.54) is 0 Å². The molecule has 0 saturated carbocycles. The van der Waals surface area contributed by atoms with E-state index in [4.69, 9.17) is 9.47 Å². The number of halogens is 1. The van der Waals surface area contributed by atoms with Crippen molar-refractivity contribution in [3.05, 3.63) is 70.0 Å². The molecule has 0 fully saturated rings. The third-order valence-corrected chi connectivity index (χ3v) is 5.54. The molecule has 0 radical (unpaired) electrons. The second kappa shape index (κ2) is 9.75. The lowest BCUT2D eigenvalue weighted by Gasteiger charge is -2.09. The average molecular weight is 462 g/mol. The maximum atomic E-state index is 12.3. The first kappa shape index (κ1) is 20.4. The van der Waals surface area contributed by atoms with E-state index in [2.05, 4.69) is 26.2 Å². The van der Waals surface area contributed by atoms with Gasteiger partial charge in [0.2, 0.25) is 0 Å².